The van der Waals surface area contributed by atoms with Gasteiger partial charge in [-0.2, -0.15) is 0 Å². The quantitative estimate of drug-likeness (QED) is 0.892. The van der Waals surface area contributed by atoms with E-state index in [1.54, 1.807) is 6.92 Å². The average molecular weight is 250 g/mol. The highest BCUT2D eigenvalue weighted by Crippen LogP contribution is 2.17. The number of hydrogen-bond donors (Lipinski definition) is 1. The molecule has 72 valence electrons. The summed E-state index contributed by atoms with van der Waals surface area (Å²) in [5.74, 6) is -0.342. The van der Waals surface area contributed by atoms with Gasteiger partial charge in [0.05, 0.1) is 17.9 Å². The number of nitrogens with one attached hydrogen (secondary N) is 1. The number of rotatable bonds is 3. The van der Waals surface area contributed by atoms with Gasteiger partial charge in [0.25, 0.3) is 5.91 Å². The topological polar surface area (TPSA) is 42.2 Å². The molecule has 1 aromatic heterocycles. The van der Waals surface area contributed by atoms with Gasteiger partial charge in [-0.3, -0.25) is 4.79 Å². The van der Waals surface area contributed by atoms with Crippen molar-refractivity contribution in [3.05, 3.63) is 22.6 Å². The first-order valence-electron chi connectivity index (χ1n) is 3.75. The second-order valence-corrected chi connectivity index (χ2v) is 3.36. The van der Waals surface area contributed by atoms with Crippen molar-refractivity contribution in [2.75, 3.05) is 6.67 Å². The number of alkyl halides is 1. The van der Waals surface area contributed by atoms with Gasteiger partial charge in [-0.05, 0) is 28.9 Å². The van der Waals surface area contributed by atoms with Crippen molar-refractivity contribution in [1.82, 2.24) is 5.32 Å². The molecule has 1 rings (SSSR count). The van der Waals surface area contributed by atoms with E-state index in [0.29, 0.717) is 10.2 Å². The molecule has 1 N–H and O–H groups in total. The van der Waals surface area contributed by atoms with Gasteiger partial charge < -0.3 is 9.73 Å². The maximum Gasteiger partial charge on any atom is 0.256 e. The Labute approximate surface area is 83.4 Å². The molecule has 0 radical (unpaired) electrons. The van der Waals surface area contributed by atoms with Crippen LogP contribution in [0.1, 0.15) is 17.3 Å². The van der Waals surface area contributed by atoms with Gasteiger partial charge in [-0.15, -0.1) is 0 Å². The van der Waals surface area contributed by atoms with Gasteiger partial charge >= 0.3 is 0 Å². The zero-order valence-corrected chi connectivity index (χ0v) is 8.60. The van der Waals surface area contributed by atoms with Crippen LogP contribution in [0.3, 0.4) is 0 Å². The highest BCUT2D eigenvalue weighted by atomic mass is 79.9. The molecule has 0 saturated carbocycles. The predicted molar refractivity (Wildman–Crippen MR) is 49.3 cm³/mol. The van der Waals surface area contributed by atoms with Gasteiger partial charge in [0.1, 0.15) is 6.67 Å². The lowest BCUT2D eigenvalue weighted by molar-refractivity contribution is 0.0932. The van der Waals surface area contributed by atoms with Crippen molar-refractivity contribution in [3.8, 4) is 0 Å². The fraction of sp³-hybridized carbons (Fsp3) is 0.375. The van der Waals surface area contributed by atoms with Crippen molar-refractivity contribution in [1.29, 1.82) is 0 Å². The molecule has 0 aliphatic carbocycles. The van der Waals surface area contributed by atoms with Crippen molar-refractivity contribution in [2.45, 2.75) is 13.0 Å². The fourth-order valence-corrected chi connectivity index (χ4v) is 1.22. The summed E-state index contributed by atoms with van der Waals surface area (Å²) in [5, 5.41) is 2.47. The summed E-state index contributed by atoms with van der Waals surface area (Å²) in [6.07, 6.45) is 1.39. The molecule has 0 spiro atoms. The highest BCUT2D eigenvalue weighted by molar-refractivity contribution is 9.10. The van der Waals surface area contributed by atoms with Crippen LogP contribution in [-0.4, -0.2) is 18.6 Å². The van der Waals surface area contributed by atoms with E-state index < -0.39 is 12.7 Å². The number of carbonyl (C=O) groups is 1. The third-order valence-corrected chi connectivity index (χ3v) is 2.09. The molecule has 0 aliphatic rings. The van der Waals surface area contributed by atoms with Gasteiger partial charge in [-0.1, -0.05) is 0 Å². The van der Waals surface area contributed by atoms with Crippen LogP contribution in [0.25, 0.3) is 0 Å². The first-order chi connectivity index (χ1) is 6.15. The minimum Gasteiger partial charge on any atom is -0.457 e. The Kier molecular flexibility index (Phi) is 3.48. The summed E-state index contributed by atoms with van der Waals surface area (Å²) >= 11 is 3.06. The van der Waals surface area contributed by atoms with Crippen LogP contribution in [0.4, 0.5) is 4.39 Å². The van der Waals surface area contributed by atoms with Crippen LogP contribution in [0.15, 0.2) is 21.4 Å². The van der Waals surface area contributed by atoms with E-state index in [0.717, 1.165) is 0 Å². The van der Waals surface area contributed by atoms with Crippen LogP contribution in [0, 0.1) is 0 Å². The molecule has 1 amide bonds. The van der Waals surface area contributed by atoms with Crippen molar-refractivity contribution >= 4 is 21.8 Å². The Hall–Kier alpha value is -0.840. The van der Waals surface area contributed by atoms with Crippen LogP contribution in [0.5, 0.6) is 0 Å². The molecule has 1 atom stereocenters. The van der Waals surface area contributed by atoms with E-state index in [4.69, 9.17) is 4.42 Å². The highest BCUT2D eigenvalue weighted by Gasteiger charge is 2.14. The summed E-state index contributed by atoms with van der Waals surface area (Å²) in [7, 11) is 0. The Morgan fingerprint density at radius 3 is 3.00 bits per heavy atom. The van der Waals surface area contributed by atoms with Gasteiger partial charge in [-0.25, -0.2) is 4.39 Å². The minimum atomic E-state index is -0.582. The molecule has 0 bridgehead atoms. The van der Waals surface area contributed by atoms with E-state index >= 15 is 0 Å². The monoisotopic (exact) mass is 249 g/mol. The first-order valence-corrected chi connectivity index (χ1v) is 4.54. The minimum absolute atomic E-state index is 0.342. The average Bonchev–Trinajstić information content (AvgIpc) is 2.51. The molecule has 0 fully saturated rings. The third-order valence-electron chi connectivity index (χ3n) is 1.47. The molecule has 1 unspecified atom stereocenters. The number of halogens is 2. The molecule has 0 saturated heterocycles. The number of hydrogen-bond acceptors (Lipinski definition) is 2. The van der Waals surface area contributed by atoms with Crippen LogP contribution in [0.2, 0.25) is 0 Å². The summed E-state index contributed by atoms with van der Waals surface area (Å²) in [5.41, 5.74) is 0.375. The Bertz CT molecular complexity index is 300. The summed E-state index contributed by atoms with van der Waals surface area (Å²) in [6.45, 7) is 1.01. The smallest absolute Gasteiger partial charge is 0.256 e. The standard InChI is InChI=1S/C8H9BrFNO2/c1-5(4-10)11-8(12)6-2-3-13-7(6)9/h2-3,5H,4H2,1H3,(H,11,12). The zero-order chi connectivity index (χ0) is 9.84. The summed E-state index contributed by atoms with van der Waals surface area (Å²) < 4.78 is 17.3. The molecule has 1 aromatic rings. The first kappa shape index (κ1) is 10.2. The van der Waals surface area contributed by atoms with E-state index in [1.165, 1.54) is 12.3 Å². The summed E-state index contributed by atoms with van der Waals surface area (Å²) in [6, 6.07) is 1.04. The predicted octanol–water partition coefficient (Wildman–Crippen LogP) is 2.13. The van der Waals surface area contributed by atoms with Crippen molar-refractivity contribution in [3.63, 3.8) is 0 Å². The maximum atomic E-state index is 12.0. The molecule has 0 aliphatic heterocycles. The molecule has 13 heavy (non-hydrogen) atoms. The molecule has 1 heterocycles. The lowest BCUT2D eigenvalue weighted by Gasteiger charge is -2.08. The lowest BCUT2D eigenvalue weighted by Crippen LogP contribution is -2.33. The maximum absolute atomic E-state index is 12.0. The van der Waals surface area contributed by atoms with Crippen LogP contribution in [-0.2, 0) is 0 Å². The Morgan fingerprint density at radius 1 is 1.85 bits per heavy atom. The van der Waals surface area contributed by atoms with Gasteiger partial charge in [0.2, 0.25) is 0 Å². The molecular weight excluding hydrogens is 241 g/mol. The van der Waals surface area contributed by atoms with E-state index in [9.17, 15) is 9.18 Å². The molecule has 5 heteroatoms. The Morgan fingerprint density at radius 2 is 2.54 bits per heavy atom. The second-order valence-electron chi connectivity index (χ2n) is 2.64. The lowest BCUT2D eigenvalue weighted by atomic mass is 10.3. The molecule has 3 nitrogen and oxygen atoms in total. The SMILES string of the molecule is CC(CF)NC(=O)c1ccoc1Br. The van der Waals surface area contributed by atoms with Crippen LogP contribution < -0.4 is 5.32 Å². The van der Waals surface area contributed by atoms with Gasteiger partial charge in [0, 0.05) is 0 Å². The number of furan rings is 1. The largest absolute Gasteiger partial charge is 0.457 e. The molecular formula is C8H9BrFNO2. The molecule has 0 aromatic carbocycles. The number of carbonyl (C=O) groups excluding carboxylic acids is 1. The second kappa shape index (κ2) is 4.41. The van der Waals surface area contributed by atoms with Crippen molar-refractivity contribution < 1.29 is 13.6 Å². The van der Waals surface area contributed by atoms with Gasteiger partial charge in [0.15, 0.2) is 4.67 Å². The van der Waals surface area contributed by atoms with E-state index in [2.05, 4.69) is 21.2 Å². The van der Waals surface area contributed by atoms with Crippen molar-refractivity contribution in [2.24, 2.45) is 0 Å². The van der Waals surface area contributed by atoms with E-state index in [-0.39, 0.29) is 5.91 Å². The normalized spacial score (nSPS) is 12.5. The fourth-order valence-electron chi connectivity index (χ4n) is 0.796. The zero-order valence-electron chi connectivity index (χ0n) is 7.01. The summed E-state index contributed by atoms with van der Waals surface area (Å²) in [4.78, 5) is 11.3. The van der Waals surface area contributed by atoms with Crippen LogP contribution >= 0.6 is 15.9 Å². The third kappa shape index (κ3) is 2.55. The Balaban J connectivity index is 2.64. The number of amides is 1. The van der Waals surface area contributed by atoms with E-state index in [1.807, 2.05) is 0 Å².